The third kappa shape index (κ3) is 3.07. The SMILES string of the molecule is Cc1cc(C(O)c2cc(F)ccc2Br)c(C)cc1Br. The Bertz CT molecular complexity index is 626. The Labute approximate surface area is 128 Å². The molecule has 0 bridgehead atoms. The van der Waals surface area contributed by atoms with Crippen molar-refractivity contribution in [3.63, 3.8) is 0 Å². The number of rotatable bonds is 2. The Morgan fingerprint density at radius 1 is 0.947 bits per heavy atom. The minimum Gasteiger partial charge on any atom is -0.384 e. The monoisotopic (exact) mass is 386 g/mol. The fourth-order valence-corrected chi connectivity index (χ4v) is 2.91. The molecule has 2 rings (SSSR count). The molecule has 0 spiro atoms. The lowest BCUT2D eigenvalue weighted by atomic mass is 9.96. The lowest BCUT2D eigenvalue weighted by Crippen LogP contribution is -2.04. The molecule has 1 unspecified atom stereocenters. The van der Waals surface area contributed by atoms with E-state index in [1.54, 1.807) is 6.07 Å². The van der Waals surface area contributed by atoms with Crippen LogP contribution in [0.2, 0.25) is 0 Å². The van der Waals surface area contributed by atoms with Crippen LogP contribution in [0, 0.1) is 19.7 Å². The number of hydrogen-bond donors (Lipinski definition) is 1. The van der Waals surface area contributed by atoms with Crippen LogP contribution in [0.15, 0.2) is 39.3 Å². The first kappa shape index (κ1) is 14.7. The second-order valence-corrected chi connectivity index (χ2v) is 6.24. The lowest BCUT2D eigenvalue weighted by Gasteiger charge is -2.17. The number of halogens is 3. The van der Waals surface area contributed by atoms with Gasteiger partial charge < -0.3 is 5.11 Å². The summed E-state index contributed by atoms with van der Waals surface area (Å²) in [6.07, 6.45) is -0.850. The van der Waals surface area contributed by atoms with Gasteiger partial charge in [-0.25, -0.2) is 4.39 Å². The Hall–Kier alpha value is -0.710. The fraction of sp³-hybridized carbons (Fsp3) is 0.200. The molecule has 100 valence electrons. The van der Waals surface area contributed by atoms with Crippen LogP contribution in [-0.4, -0.2) is 5.11 Å². The van der Waals surface area contributed by atoms with Crippen molar-refractivity contribution in [2.24, 2.45) is 0 Å². The zero-order chi connectivity index (χ0) is 14.2. The molecule has 0 saturated carbocycles. The third-order valence-electron chi connectivity index (χ3n) is 3.09. The third-order valence-corrected chi connectivity index (χ3v) is 4.67. The van der Waals surface area contributed by atoms with Gasteiger partial charge in [0.2, 0.25) is 0 Å². The minimum atomic E-state index is -0.850. The Balaban J connectivity index is 2.52. The Morgan fingerprint density at radius 2 is 1.63 bits per heavy atom. The molecule has 2 aromatic carbocycles. The predicted molar refractivity (Wildman–Crippen MR) is 81.8 cm³/mol. The first-order chi connectivity index (χ1) is 8.90. The molecule has 0 aliphatic heterocycles. The number of benzene rings is 2. The van der Waals surface area contributed by atoms with E-state index in [2.05, 4.69) is 31.9 Å². The van der Waals surface area contributed by atoms with Gasteiger partial charge in [-0.2, -0.15) is 0 Å². The standard InChI is InChI=1S/C15H13Br2FO/c1-8-6-14(17)9(2)5-11(8)15(19)12-7-10(18)3-4-13(12)16/h3-7,15,19H,1-2H3. The summed E-state index contributed by atoms with van der Waals surface area (Å²) in [6, 6.07) is 8.20. The van der Waals surface area contributed by atoms with Crippen molar-refractivity contribution in [3.8, 4) is 0 Å². The van der Waals surface area contributed by atoms with Crippen LogP contribution in [0.3, 0.4) is 0 Å². The van der Waals surface area contributed by atoms with Crippen LogP contribution in [-0.2, 0) is 0 Å². The molecule has 0 amide bonds. The maximum absolute atomic E-state index is 13.3. The summed E-state index contributed by atoms with van der Waals surface area (Å²) in [6.45, 7) is 3.89. The van der Waals surface area contributed by atoms with Gasteiger partial charge in [0, 0.05) is 14.5 Å². The average Bonchev–Trinajstić information content (AvgIpc) is 2.36. The Morgan fingerprint density at radius 3 is 2.32 bits per heavy atom. The molecule has 1 N–H and O–H groups in total. The van der Waals surface area contributed by atoms with Gasteiger partial charge in [-0.15, -0.1) is 0 Å². The van der Waals surface area contributed by atoms with Gasteiger partial charge in [0.1, 0.15) is 11.9 Å². The predicted octanol–water partition coefficient (Wildman–Crippen LogP) is 5.05. The van der Waals surface area contributed by atoms with Gasteiger partial charge in [0.25, 0.3) is 0 Å². The molecule has 0 saturated heterocycles. The highest BCUT2D eigenvalue weighted by Gasteiger charge is 2.17. The number of aliphatic hydroxyl groups excluding tert-OH is 1. The van der Waals surface area contributed by atoms with Crippen LogP contribution in [0.1, 0.15) is 28.4 Å². The van der Waals surface area contributed by atoms with Gasteiger partial charge in [-0.3, -0.25) is 0 Å². The minimum absolute atomic E-state index is 0.358. The van der Waals surface area contributed by atoms with Gasteiger partial charge in [0.05, 0.1) is 0 Å². The molecule has 0 radical (unpaired) electrons. The first-order valence-electron chi connectivity index (χ1n) is 5.80. The van der Waals surface area contributed by atoms with Crippen molar-refractivity contribution in [1.82, 2.24) is 0 Å². The highest BCUT2D eigenvalue weighted by atomic mass is 79.9. The molecule has 0 aromatic heterocycles. The van der Waals surface area contributed by atoms with E-state index in [-0.39, 0.29) is 5.82 Å². The molecule has 19 heavy (non-hydrogen) atoms. The topological polar surface area (TPSA) is 20.2 Å². The van der Waals surface area contributed by atoms with E-state index in [0.717, 1.165) is 21.2 Å². The molecular formula is C15H13Br2FO. The molecule has 1 atom stereocenters. The molecule has 0 aliphatic carbocycles. The molecule has 0 aliphatic rings. The number of hydrogen-bond acceptors (Lipinski definition) is 1. The molecular weight excluding hydrogens is 375 g/mol. The number of aliphatic hydroxyl groups is 1. The van der Waals surface area contributed by atoms with Crippen molar-refractivity contribution >= 4 is 31.9 Å². The van der Waals surface area contributed by atoms with Crippen molar-refractivity contribution in [2.45, 2.75) is 20.0 Å². The van der Waals surface area contributed by atoms with Crippen LogP contribution >= 0.6 is 31.9 Å². The van der Waals surface area contributed by atoms with E-state index in [0.29, 0.717) is 10.0 Å². The molecule has 1 nitrogen and oxygen atoms in total. The van der Waals surface area contributed by atoms with E-state index >= 15 is 0 Å². The van der Waals surface area contributed by atoms with E-state index < -0.39 is 6.10 Å². The van der Waals surface area contributed by atoms with Gasteiger partial charge in [-0.05, 0) is 54.8 Å². The Kier molecular flexibility index (Phi) is 4.43. The highest BCUT2D eigenvalue weighted by molar-refractivity contribution is 9.10. The summed E-state index contributed by atoms with van der Waals surface area (Å²) < 4.78 is 15.0. The van der Waals surface area contributed by atoms with Crippen molar-refractivity contribution < 1.29 is 9.50 Å². The summed E-state index contributed by atoms with van der Waals surface area (Å²) in [5.41, 5.74) is 3.31. The van der Waals surface area contributed by atoms with Crippen molar-refractivity contribution in [1.29, 1.82) is 0 Å². The van der Waals surface area contributed by atoms with Gasteiger partial charge >= 0.3 is 0 Å². The van der Waals surface area contributed by atoms with Crippen molar-refractivity contribution in [2.75, 3.05) is 0 Å². The summed E-state index contributed by atoms with van der Waals surface area (Å²) >= 11 is 6.81. The zero-order valence-corrected chi connectivity index (χ0v) is 13.7. The summed E-state index contributed by atoms with van der Waals surface area (Å²) in [5.74, 6) is -0.358. The normalized spacial score (nSPS) is 12.5. The average molecular weight is 388 g/mol. The van der Waals surface area contributed by atoms with E-state index in [1.807, 2.05) is 26.0 Å². The maximum Gasteiger partial charge on any atom is 0.123 e. The smallest absolute Gasteiger partial charge is 0.123 e. The quantitative estimate of drug-likeness (QED) is 0.764. The number of aryl methyl sites for hydroxylation is 2. The molecule has 0 heterocycles. The lowest BCUT2D eigenvalue weighted by molar-refractivity contribution is 0.218. The summed E-state index contributed by atoms with van der Waals surface area (Å²) in [4.78, 5) is 0. The maximum atomic E-state index is 13.3. The van der Waals surface area contributed by atoms with E-state index in [9.17, 15) is 9.50 Å². The van der Waals surface area contributed by atoms with Crippen LogP contribution in [0.5, 0.6) is 0 Å². The van der Waals surface area contributed by atoms with Crippen LogP contribution in [0.25, 0.3) is 0 Å². The largest absolute Gasteiger partial charge is 0.384 e. The van der Waals surface area contributed by atoms with E-state index in [1.165, 1.54) is 12.1 Å². The van der Waals surface area contributed by atoms with Crippen LogP contribution < -0.4 is 0 Å². The zero-order valence-electron chi connectivity index (χ0n) is 10.5. The second kappa shape index (κ2) is 5.73. The second-order valence-electron chi connectivity index (χ2n) is 4.53. The van der Waals surface area contributed by atoms with Gasteiger partial charge in [0.15, 0.2) is 0 Å². The van der Waals surface area contributed by atoms with Gasteiger partial charge in [-0.1, -0.05) is 37.9 Å². The molecule has 4 heteroatoms. The molecule has 2 aromatic rings. The first-order valence-corrected chi connectivity index (χ1v) is 7.38. The summed E-state index contributed by atoms with van der Waals surface area (Å²) in [5, 5.41) is 10.5. The van der Waals surface area contributed by atoms with Crippen LogP contribution in [0.4, 0.5) is 4.39 Å². The summed E-state index contributed by atoms with van der Waals surface area (Å²) in [7, 11) is 0. The van der Waals surface area contributed by atoms with Crippen molar-refractivity contribution in [3.05, 3.63) is 67.3 Å². The fourth-order valence-electron chi connectivity index (χ4n) is 1.99. The van der Waals surface area contributed by atoms with E-state index in [4.69, 9.17) is 0 Å². The molecule has 0 fully saturated rings. The highest BCUT2D eigenvalue weighted by Crippen LogP contribution is 2.33.